The predicted molar refractivity (Wildman–Crippen MR) is 77.6 cm³/mol. The Morgan fingerprint density at radius 3 is 2.95 bits per heavy atom. The molecule has 0 spiro atoms. The van der Waals surface area contributed by atoms with E-state index in [4.69, 9.17) is 5.11 Å². The van der Waals surface area contributed by atoms with E-state index >= 15 is 0 Å². The Labute approximate surface area is 120 Å². The molecule has 5 nitrogen and oxygen atoms in total. The highest BCUT2D eigenvalue weighted by molar-refractivity contribution is 7.10. The molecule has 0 aliphatic rings. The van der Waals surface area contributed by atoms with Gasteiger partial charge in [-0.1, -0.05) is 0 Å². The van der Waals surface area contributed by atoms with Gasteiger partial charge in [-0.05, 0) is 35.2 Å². The van der Waals surface area contributed by atoms with E-state index in [1.165, 1.54) is 17.4 Å². The van der Waals surface area contributed by atoms with E-state index in [0.717, 1.165) is 16.5 Å². The van der Waals surface area contributed by atoms with Crippen molar-refractivity contribution in [1.82, 2.24) is 9.88 Å². The van der Waals surface area contributed by atoms with Gasteiger partial charge in [0.15, 0.2) is 0 Å². The van der Waals surface area contributed by atoms with Gasteiger partial charge in [0.05, 0.1) is 6.54 Å². The minimum absolute atomic E-state index is 0.0778. The molecule has 0 bridgehead atoms. The summed E-state index contributed by atoms with van der Waals surface area (Å²) >= 11 is 1.50. The van der Waals surface area contributed by atoms with E-state index in [2.05, 4.69) is 4.98 Å². The lowest BCUT2D eigenvalue weighted by Crippen LogP contribution is -2.26. The summed E-state index contributed by atoms with van der Waals surface area (Å²) in [6.07, 6.45) is 4.34. The number of nitrogens with zero attached hydrogens (tertiary/aromatic N) is 1. The minimum atomic E-state index is -0.975. The highest BCUT2D eigenvalue weighted by Crippen LogP contribution is 2.18. The van der Waals surface area contributed by atoms with Crippen molar-refractivity contribution in [2.45, 2.75) is 6.54 Å². The second-order valence-corrected chi connectivity index (χ2v) is 5.26. The van der Waals surface area contributed by atoms with E-state index in [1.54, 1.807) is 30.3 Å². The number of carbonyl (C=O) groups excluding carboxylic acids is 1. The zero-order chi connectivity index (χ0) is 14.5. The quantitative estimate of drug-likeness (QED) is 0.831. The van der Waals surface area contributed by atoms with Gasteiger partial charge in [-0.3, -0.25) is 4.79 Å². The minimum Gasteiger partial charge on any atom is -0.478 e. The van der Waals surface area contributed by atoms with Crippen molar-refractivity contribution in [3.8, 4) is 0 Å². The van der Waals surface area contributed by atoms with Crippen LogP contribution in [0.2, 0.25) is 0 Å². The summed E-state index contributed by atoms with van der Waals surface area (Å²) < 4.78 is 0. The SMILES string of the molecule is CN(Cc1cc(C=CC(=O)O)cs1)C(=O)c1ccc[nH]1. The fourth-order valence-electron chi connectivity index (χ4n) is 1.71. The second-order valence-electron chi connectivity index (χ2n) is 4.26. The lowest BCUT2D eigenvalue weighted by atomic mass is 10.2. The van der Waals surface area contributed by atoms with Crippen LogP contribution >= 0.6 is 11.3 Å². The number of carboxylic acids is 1. The van der Waals surface area contributed by atoms with Gasteiger partial charge in [0.2, 0.25) is 0 Å². The van der Waals surface area contributed by atoms with Crippen LogP contribution in [-0.2, 0) is 11.3 Å². The molecule has 0 saturated carbocycles. The third-order valence-corrected chi connectivity index (χ3v) is 3.60. The number of amides is 1. The largest absolute Gasteiger partial charge is 0.478 e. The van der Waals surface area contributed by atoms with Crippen LogP contribution in [0.15, 0.2) is 35.9 Å². The van der Waals surface area contributed by atoms with Crippen molar-refractivity contribution in [2.24, 2.45) is 0 Å². The summed E-state index contributed by atoms with van der Waals surface area (Å²) in [5, 5.41) is 10.4. The van der Waals surface area contributed by atoms with Gasteiger partial charge in [-0.2, -0.15) is 0 Å². The maximum absolute atomic E-state index is 12.0. The van der Waals surface area contributed by atoms with Crippen LogP contribution in [0.4, 0.5) is 0 Å². The van der Waals surface area contributed by atoms with Crippen molar-refractivity contribution in [2.75, 3.05) is 7.05 Å². The number of carboxylic acid groups (broad SMARTS) is 1. The van der Waals surface area contributed by atoms with Crippen molar-refractivity contribution < 1.29 is 14.7 Å². The Hall–Kier alpha value is -2.34. The van der Waals surface area contributed by atoms with Crippen LogP contribution in [0.1, 0.15) is 20.9 Å². The summed E-state index contributed by atoms with van der Waals surface area (Å²) in [6.45, 7) is 0.490. The monoisotopic (exact) mass is 290 g/mol. The maximum atomic E-state index is 12.0. The molecule has 6 heteroatoms. The maximum Gasteiger partial charge on any atom is 0.328 e. The Kier molecular flexibility index (Phi) is 4.37. The van der Waals surface area contributed by atoms with Crippen LogP contribution in [-0.4, -0.2) is 33.9 Å². The van der Waals surface area contributed by atoms with Crippen LogP contribution in [0.5, 0.6) is 0 Å². The summed E-state index contributed by atoms with van der Waals surface area (Å²) in [4.78, 5) is 28.0. The summed E-state index contributed by atoms with van der Waals surface area (Å²) in [7, 11) is 1.73. The number of aliphatic carboxylic acids is 1. The van der Waals surface area contributed by atoms with E-state index in [1.807, 2.05) is 11.4 Å². The van der Waals surface area contributed by atoms with Gasteiger partial charge in [0.25, 0.3) is 5.91 Å². The van der Waals surface area contributed by atoms with Crippen LogP contribution in [0, 0.1) is 0 Å². The molecule has 2 rings (SSSR count). The number of aromatic nitrogens is 1. The molecule has 2 aromatic rings. The average Bonchev–Trinajstić information content (AvgIpc) is 3.06. The topological polar surface area (TPSA) is 73.4 Å². The number of hydrogen-bond donors (Lipinski definition) is 2. The molecule has 0 aromatic carbocycles. The highest BCUT2D eigenvalue weighted by Gasteiger charge is 2.13. The first-order valence-corrected chi connectivity index (χ1v) is 6.81. The zero-order valence-corrected chi connectivity index (χ0v) is 11.7. The number of hydrogen-bond acceptors (Lipinski definition) is 3. The molecule has 0 radical (unpaired) electrons. The van der Waals surface area contributed by atoms with Gasteiger partial charge < -0.3 is 15.0 Å². The van der Waals surface area contributed by atoms with Gasteiger partial charge in [0, 0.05) is 24.2 Å². The van der Waals surface area contributed by atoms with Crippen LogP contribution < -0.4 is 0 Å². The third-order valence-electron chi connectivity index (χ3n) is 2.66. The molecule has 104 valence electrons. The molecule has 0 saturated heterocycles. The predicted octanol–water partition coefficient (Wildman–Crippen LogP) is 2.45. The Bertz CT molecular complexity index is 629. The normalized spacial score (nSPS) is 10.8. The number of H-pyrrole nitrogens is 1. The molecule has 0 fully saturated rings. The third kappa shape index (κ3) is 3.58. The molecular formula is C14H14N2O3S. The number of rotatable bonds is 5. The molecule has 2 aromatic heterocycles. The van der Waals surface area contributed by atoms with Gasteiger partial charge >= 0.3 is 5.97 Å². The van der Waals surface area contributed by atoms with Crippen molar-refractivity contribution >= 4 is 29.3 Å². The summed E-state index contributed by atoms with van der Waals surface area (Å²) in [6, 6.07) is 5.39. The Balaban J connectivity index is 2.00. The first-order valence-electron chi connectivity index (χ1n) is 5.93. The van der Waals surface area contributed by atoms with Crippen molar-refractivity contribution in [3.05, 3.63) is 52.0 Å². The van der Waals surface area contributed by atoms with E-state index in [9.17, 15) is 9.59 Å². The fraction of sp³-hybridized carbons (Fsp3) is 0.143. The van der Waals surface area contributed by atoms with E-state index in [-0.39, 0.29) is 5.91 Å². The fourth-order valence-corrected chi connectivity index (χ4v) is 2.62. The lowest BCUT2D eigenvalue weighted by Gasteiger charge is -2.14. The second kappa shape index (κ2) is 6.21. The van der Waals surface area contributed by atoms with E-state index in [0.29, 0.717) is 12.2 Å². The van der Waals surface area contributed by atoms with Gasteiger partial charge in [0.1, 0.15) is 5.69 Å². The summed E-state index contributed by atoms with van der Waals surface area (Å²) in [5.41, 5.74) is 1.38. The zero-order valence-electron chi connectivity index (χ0n) is 10.9. The van der Waals surface area contributed by atoms with Crippen LogP contribution in [0.25, 0.3) is 6.08 Å². The van der Waals surface area contributed by atoms with Gasteiger partial charge in [-0.25, -0.2) is 4.79 Å². The highest BCUT2D eigenvalue weighted by atomic mass is 32.1. The molecule has 2 N–H and O–H groups in total. The number of nitrogens with one attached hydrogen (secondary N) is 1. The molecule has 2 heterocycles. The first kappa shape index (κ1) is 14.1. The van der Waals surface area contributed by atoms with Crippen LogP contribution in [0.3, 0.4) is 0 Å². The smallest absolute Gasteiger partial charge is 0.328 e. The van der Waals surface area contributed by atoms with Crippen molar-refractivity contribution in [1.29, 1.82) is 0 Å². The number of thiophene rings is 1. The molecule has 20 heavy (non-hydrogen) atoms. The molecule has 0 atom stereocenters. The number of carbonyl (C=O) groups is 2. The molecule has 0 aliphatic heterocycles. The Morgan fingerprint density at radius 1 is 1.50 bits per heavy atom. The lowest BCUT2D eigenvalue weighted by molar-refractivity contribution is -0.131. The summed E-state index contributed by atoms with van der Waals surface area (Å²) in [5.74, 6) is -1.05. The molecular weight excluding hydrogens is 276 g/mol. The average molecular weight is 290 g/mol. The first-order chi connectivity index (χ1) is 9.56. The standard InChI is InChI=1S/C14H14N2O3S/c1-16(14(19)12-3-2-6-15-12)8-11-7-10(9-20-11)4-5-13(17)18/h2-7,9,15H,8H2,1H3,(H,17,18). The van der Waals surface area contributed by atoms with Gasteiger partial charge in [-0.15, -0.1) is 11.3 Å². The Morgan fingerprint density at radius 2 is 2.30 bits per heavy atom. The molecule has 0 aliphatic carbocycles. The van der Waals surface area contributed by atoms with Crippen molar-refractivity contribution in [3.63, 3.8) is 0 Å². The van der Waals surface area contributed by atoms with E-state index < -0.39 is 5.97 Å². The molecule has 0 unspecified atom stereocenters. The molecule has 1 amide bonds. The number of aromatic amines is 1.